The monoisotopic (exact) mass is 306 g/mol. The van der Waals surface area contributed by atoms with E-state index in [9.17, 15) is 23.1 Å². The van der Waals surface area contributed by atoms with Gasteiger partial charge in [-0.15, -0.1) is 0 Å². The van der Waals surface area contributed by atoms with Crippen LogP contribution >= 0.6 is 0 Å². The number of aromatic carboxylic acids is 1. The van der Waals surface area contributed by atoms with Crippen LogP contribution in [0.2, 0.25) is 0 Å². The highest BCUT2D eigenvalue weighted by Crippen LogP contribution is 2.34. The van der Waals surface area contributed by atoms with Crippen LogP contribution in [-0.2, 0) is 6.18 Å². The zero-order chi connectivity index (χ0) is 15.9. The van der Waals surface area contributed by atoms with E-state index < -0.39 is 18.0 Å². The molecule has 0 fully saturated rings. The average molecular weight is 306 g/mol. The molecule has 1 heterocycles. The first-order chi connectivity index (χ1) is 10.4. The number of carbonyl (C=O) groups is 1. The van der Waals surface area contributed by atoms with Crippen LogP contribution in [0.5, 0.6) is 0 Å². The molecule has 2 aromatic carbocycles. The Hall–Kier alpha value is -2.83. The molecule has 0 saturated carbocycles. The van der Waals surface area contributed by atoms with Crippen LogP contribution in [0.25, 0.3) is 16.7 Å². The summed E-state index contributed by atoms with van der Waals surface area (Å²) in [6, 6.07) is 11.6. The molecule has 1 N–H and O–H groups in total. The van der Waals surface area contributed by atoms with Gasteiger partial charge in [0.2, 0.25) is 5.82 Å². The molecule has 0 bridgehead atoms. The van der Waals surface area contributed by atoms with Crippen LogP contribution in [0.3, 0.4) is 0 Å². The first-order valence-electron chi connectivity index (χ1n) is 6.27. The van der Waals surface area contributed by atoms with Gasteiger partial charge in [0.15, 0.2) is 0 Å². The highest BCUT2D eigenvalue weighted by atomic mass is 19.4. The zero-order valence-electron chi connectivity index (χ0n) is 11.0. The number of benzene rings is 2. The lowest BCUT2D eigenvalue weighted by Gasteiger charge is -2.13. The zero-order valence-corrected chi connectivity index (χ0v) is 11.0. The second-order valence-electron chi connectivity index (χ2n) is 4.58. The minimum absolute atomic E-state index is 0.0731. The topological polar surface area (TPSA) is 55.1 Å². The summed E-state index contributed by atoms with van der Waals surface area (Å²) in [6.45, 7) is 0. The standard InChI is InChI=1S/C15H9F3N2O2/c16-15(17,18)14-19-10-6-2-4-8-12(10)20(14)11-7-3-1-5-9(11)13(21)22/h1-8H,(H,21,22). The van der Waals surface area contributed by atoms with Crippen LogP contribution in [0, 0.1) is 0 Å². The Balaban J connectivity index is 2.42. The Bertz CT molecular complexity index is 869. The van der Waals surface area contributed by atoms with Gasteiger partial charge >= 0.3 is 12.1 Å². The molecule has 3 aromatic rings. The number of hydrogen-bond acceptors (Lipinski definition) is 2. The summed E-state index contributed by atoms with van der Waals surface area (Å²) in [4.78, 5) is 14.9. The summed E-state index contributed by atoms with van der Waals surface area (Å²) in [5.41, 5.74) is 0.0470. The van der Waals surface area contributed by atoms with Crippen molar-refractivity contribution in [2.75, 3.05) is 0 Å². The Morgan fingerprint density at radius 2 is 1.68 bits per heavy atom. The molecular weight excluding hydrogens is 297 g/mol. The number of para-hydroxylation sites is 3. The average Bonchev–Trinajstić information content (AvgIpc) is 2.86. The molecule has 0 aliphatic rings. The molecule has 4 nitrogen and oxygen atoms in total. The van der Waals surface area contributed by atoms with Crippen LogP contribution in [0.1, 0.15) is 16.2 Å². The number of nitrogens with zero attached hydrogens (tertiary/aromatic N) is 2. The Morgan fingerprint density at radius 3 is 2.36 bits per heavy atom. The number of aromatic nitrogens is 2. The van der Waals surface area contributed by atoms with Crippen molar-refractivity contribution < 1.29 is 23.1 Å². The third-order valence-corrected chi connectivity index (χ3v) is 3.19. The van der Waals surface area contributed by atoms with E-state index in [4.69, 9.17) is 0 Å². The van der Waals surface area contributed by atoms with Gasteiger partial charge in [0, 0.05) is 0 Å². The number of rotatable bonds is 2. The number of carboxylic acids is 1. The van der Waals surface area contributed by atoms with Crippen molar-refractivity contribution >= 4 is 17.0 Å². The molecule has 3 rings (SSSR count). The Morgan fingerprint density at radius 1 is 1.05 bits per heavy atom. The lowest BCUT2D eigenvalue weighted by Crippen LogP contribution is -2.16. The molecule has 0 amide bonds. The highest BCUT2D eigenvalue weighted by molar-refractivity contribution is 5.93. The predicted octanol–water partition coefficient (Wildman–Crippen LogP) is 3.74. The third kappa shape index (κ3) is 2.20. The van der Waals surface area contributed by atoms with Crippen molar-refractivity contribution in [1.29, 1.82) is 0 Å². The van der Waals surface area contributed by atoms with E-state index in [1.807, 2.05) is 0 Å². The number of alkyl halides is 3. The molecule has 0 unspecified atom stereocenters. The maximum absolute atomic E-state index is 13.3. The van der Waals surface area contributed by atoms with Crippen LogP contribution in [0.4, 0.5) is 13.2 Å². The summed E-state index contributed by atoms with van der Waals surface area (Å²) in [7, 11) is 0. The van der Waals surface area contributed by atoms with Crippen molar-refractivity contribution in [3.05, 3.63) is 59.9 Å². The number of carboxylic acid groups (broad SMARTS) is 1. The maximum atomic E-state index is 13.3. The third-order valence-electron chi connectivity index (χ3n) is 3.19. The summed E-state index contributed by atoms with van der Waals surface area (Å²) in [5, 5.41) is 9.22. The van der Waals surface area contributed by atoms with Gasteiger partial charge in [0.05, 0.1) is 22.3 Å². The lowest BCUT2D eigenvalue weighted by atomic mass is 10.1. The molecule has 7 heteroatoms. The number of fused-ring (bicyclic) bond motifs is 1. The van der Waals surface area contributed by atoms with Gasteiger partial charge in [-0.3, -0.25) is 4.57 Å². The van der Waals surface area contributed by atoms with Gasteiger partial charge in [0.25, 0.3) is 0 Å². The fourth-order valence-corrected chi connectivity index (χ4v) is 2.31. The molecule has 0 saturated heterocycles. The molecule has 0 spiro atoms. The largest absolute Gasteiger partial charge is 0.478 e. The van der Waals surface area contributed by atoms with E-state index in [0.29, 0.717) is 0 Å². The molecular formula is C15H9F3N2O2. The van der Waals surface area contributed by atoms with Crippen molar-refractivity contribution in [3.8, 4) is 5.69 Å². The summed E-state index contributed by atoms with van der Waals surface area (Å²) in [6.07, 6.45) is -4.70. The predicted molar refractivity (Wildman–Crippen MR) is 73.0 cm³/mol. The van der Waals surface area contributed by atoms with E-state index in [-0.39, 0.29) is 22.3 Å². The Labute approximate surface area is 122 Å². The fraction of sp³-hybridized carbons (Fsp3) is 0.0667. The van der Waals surface area contributed by atoms with E-state index in [2.05, 4.69) is 4.98 Å². The summed E-state index contributed by atoms with van der Waals surface area (Å²) in [5.74, 6) is -2.45. The molecule has 112 valence electrons. The lowest BCUT2D eigenvalue weighted by molar-refractivity contribution is -0.145. The first kappa shape index (κ1) is 14.1. The van der Waals surface area contributed by atoms with Gasteiger partial charge in [-0.05, 0) is 24.3 Å². The second-order valence-corrected chi connectivity index (χ2v) is 4.58. The molecule has 0 aliphatic carbocycles. The minimum atomic E-state index is -4.70. The fourth-order valence-electron chi connectivity index (χ4n) is 2.31. The smallest absolute Gasteiger partial charge is 0.450 e. The quantitative estimate of drug-likeness (QED) is 0.784. The normalized spacial score (nSPS) is 11.8. The number of hydrogen-bond donors (Lipinski definition) is 1. The Kier molecular flexibility index (Phi) is 3.13. The van der Waals surface area contributed by atoms with Crippen molar-refractivity contribution in [1.82, 2.24) is 9.55 Å². The summed E-state index contributed by atoms with van der Waals surface area (Å²) < 4.78 is 40.7. The van der Waals surface area contributed by atoms with Gasteiger partial charge in [-0.2, -0.15) is 13.2 Å². The minimum Gasteiger partial charge on any atom is -0.478 e. The van der Waals surface area contributed by atoms with E-state index in [0.717, 1.165) is 4.57 Å². The number of halogens is 3. The van der Waals surface area contributed by atoms with E-state index in [1.54, 1.807) is 12.1 Å². The van der Waals surface area contributed by atoms with Gasteiger partial charge < -0.3 is 5.11 Å². The molecule has 0 atom stereocenters. The van der Waals surface area contributed by atoms with Gasteiger partial charge in [-0.25, -0.2) is 9.78 Å². The molecule has 1 aromatic heterocycles. The van der Waals surface area contributed by atoms with Crippen molar-refractivity contribution in [3.63, 3.8) is 0 Å². The van der Waals surface area contributed by atoms with Gasteiger partial charge in [-0.1, -0.05) is 24.3 Å². The molecule has 0 radical (unpaired) electrons. The second kappa shape index (κ2) is 4.87. The van der Waals surface area contributed by atoms with Crippen LogP contribution in [-0.4, -0.2) is 20.6 Å². The highest BCUT2D eigenvalue weighted by Gasteiger charge is 2.38. The van der Waals surface area contributed by atoms with Gasteiger partial charge in [0.1, 0.15) is 0 Å². The molecule has 0 aliphatic heterocycles. The summed E-state index contributed by atoms with van der Waals surface area (Å²) >= 11 is 0. The first-order valence-corrected chi connectivity index (χ1v) is 6.27. The molecule has 22 heavy (non-hydrogen) atoms. The van der Waals surface area contributed by atoms with Crippen molar-refractivity contribution in [2.24, 2.45) is 0 Å². The SMILES string of the molecule is O=C(O)c1ccccc1-n1c(C(F)(F)F)nc2ccccc21. The van der Waals surface area contributed by atoms with E-state index >= 15 is 0 Å². The number of imidazole rings is 1. The van der Waals surface area contributed by atoms with E-state index in [1.165, 1.54) is 36.4 Å². The maximum Gasteiger partial charge on any atom is 0.450 e. The van der Waals surface area contributed by atoms with Crippen LogP contribution in [0.15, 0.2) is 48.5 Å². The van der Waals surface area contributed by atoms with Crippen molar-refractivity contribution in [2.45, 2.75) is 6.18 Å². The van der Waals surface area contributed by atoms with Crippen LogP contribution < -0.4 is 0 Å².